The molecule has 1 heterocycles. The second kappa shape index (κ2) is 4.61. The first-order valence-electron chi connectivity index (χ1n) is 5.56. The molecule has 1 fully saturated rings. The number of carbonyl (C=O) groups excluding carboxylic acids is 1. The summed E-state index contributed by atoms with van der Waals surface area (Å²) >= 11 is 0. The van der Waals surface area contributed by atoms with E-state index in [0.717, 1.165) is 6.07 Å². The molecule has 2 rings (SSSR count). The molecule has 1 aliphatic rings. The van der Waals surface area contributed by atoms with Gasteiger partial charge in [-0.15, -0.1) is 0 Å². The maximum Gasteiger partial charge on any atom is 0.416 e. The van der Waals surface area contributed by atoms with Crippen LogP contribution in [0.5, 0.6) is 0 Å². The van der Waals surface area contributed by atoms with Gasteiger partial charge in [-0.3, -0.25) is 4.79 Å². The molecular formula is C12H13F3N2O. The molecule has 1 amide bonds. The summed E-state index contributed by atoms with van der Waals surface area (Å²) in [5.74, 6) is -0.195. The monoisotopic (exact) mass is 258 g/mol. The normalized spacial score (nSPS) is 20.6. The predicted molar refractivity (Wildman–Crippen MR) is 59.5 cm³/mol. The molecule has 1 aromatic rings. The van der Waals surface area contributed by atoms with Gasteiger partial charge < -0.3 is 10.6 Å². The lowest BCUT2D eigenvalue weighted by molar-refractivity contribution is -0.139. The van der Waals surface area contributed by atoms with Crippen molar-refractivity contribution in [3.8, 4) is 0 Å². The molecular weight excluding hydrogens is 245 g/mol. The van der Waals surface area contributed by atoms with Crippen molar-refractivity contribution in [1.29, 1.82) is 0 Å². The summed E-state index contributed by atoms with van der Waals surface area (Å²) in [6.07, 6.45) is -4.20. The van der Waals surface area contributed by atoms with Gasteiger partial charge in [0.25, 0.3) is 0 Å². The lowest BCUT2D eigenvalue weighted by Gasteiger charge is -2.19. The first-order valence-corrected chi connectivity index (χ1v) is 5.56. The highest BCUT2D eigenvalue weighted by Crippen LogP contribution is 2.32. The quantitative estimate of drug-likeness (QED) is 0.878. The van der Waals surface area contributed by atoms with E-state index in [1.165, 1.54) is 23.1 Å². The molecule has 0 radical (unpaired) electrons. The zero-order valence-electron chi connectivity index (χ0n) is 9.57. The fourth-order valence-corrected chi connectivity index (χ4v) is 2.10. The van der Waals surface area contributed by atoms with E-state index in [1.807, 2.05) is 0 Å². The van der Waals surface area contributed by atoms with Crippen molar-refractivity contribution in [2.24, 2.45) is 5.73 Å². The standard InChI is InChI=1S/C12H13F3N2O/c13-12(14,15)10-4-2-1-3-8(10)6-17-7-9(16)5-11(17)18/h1-4,9H,5-7,16H2/t9-/m0/s1. The lowest BCUT2D eigenvalue weighted by atomic mass is 10.1. The first kappa shape index (κ1) is 12.9. The average Bonchev–Trinajstić information content (AvgIpc) is 2.57. The molecule has 0 aliphatic carbocycles. The van der Waals surface area contributed by atoms with Crippen molar-refractivity contribution in [3.63, 3.8) is 0 Å². The van der Waals surface area contributed by atoms with Crippen LogP contribution in [0.1, 0.15) is 17.5 Å². The highest BCUT2D eigenvalue weighted by Gasteiger charge is 2.34. The Morgan fingerprint density at radius 1 is 1.33 bits per heavy atom. The second-order valence-electron chi connectivity index (χ2n) is 4.39. The smallest absolute Gasteiger partial charge is 0.337 e. The number of amides is 1. The summed E-state index contributed by atoms with van der Waals surface area (Å²) in [6, 6.07) is 5.00. The first-order chi connectivity index (χ1) is 8.38. The number of halogens is 3. The van der Waals surface area contributed by atoms with Crippen LogP contribution in [0.3, 0.4) is 0 Å². The van der Waals surface area contributed by atoms with Crippen LogP contribution in [-0.4, -0.2) is 23.4 Å². The Morgan fingerprint density at radius 3 is 2.56 bits per heavy atom. The minimum atomic E-state index is -4.40. The van der Waals surface area contributed by atoms with Gasteiger partial charge in [-0.25, -0.2) is 0 Å². The van der Waals surface area contributed by atoms with Crippen molar-refractivity contribution in [1.82, 2.24) is 4.90 Å². The van der Waals surface area contributed by atoms with Crippen molar-refractivity contribution in [2.45, 2.75) is 25.2 Å². The molecule has 1 atom stereocenters. The topological polar surface area (TPSA) is 46.3 Å². The third-order valence-corrected chi connectivity index (χ3v) is 2.93. The van der Waals surface area contributed by atoms with Gasteiger partial charge in [0.15, 0.2) is 0 Å². The number of hydrogen-bond donors (Lipinski definition) is 1. The molecule has 0 unspecified atom stereocenters. The molecule has 1 aromatic carbocycles. The Labute approximate surface area is 102 Å². The Morgan fingerprint density at radius 2 is 2.00 bits per heavy atom. The van der Waals surface area contributed by atoms with E-state index in [9.17, 15) is 18.0 Å². The fourth-order valence-electron chi connectivity index (χ4n) is 2.10. The zero-order chi connectivity index (χ0) is 13.3. The fraction of sp³-hybridized carbons (Fsp3) is 0.417. The van der Waals surface area contributed by atoms with E-state index in [-0.39, 0.29) is 30.5 Å². The highest BCUT2D eigenvalue weighted by atomic mass is 19.4. The minimum absolute atomic E-state index is 0.0395. The number of nitrogens with two attached hydrogens (primary N) is 1. The van der Waals surface area contributed by atoms with Crippen molar-refractivity contribution in [2.75, 3.05) is 6.54 Å². The third kappa shape index (κ3) is 2.64. The molecule has 0 aromatic heterocycles. The van der Waals surface area contributed by atoms with Crippen LogP contribution in [-0.2, 0) is 17.5 Å². The summed E-state index contributed by atoms with van der Waals surface area (Å²) < 4.78 is 38.3. The van der Waals surface area contributed by atoms with Gasteiger partial charge in [0.2, 0.25) is 5.91 Å². The maximum atomic E-state index is 12.8. The van der Waals surface area contributed by atoms with Crippen LogP contribution < -0.4 is 5.73 Å². The number of carbonyl (C=O) groups is 1. The van der Waals surface area contributed by atoms with Crippen molar-refractivity contribution >= 4 is 5.91 Å². The van der Waals surface area contributed by atoms with Crippen LogP contribution in [0.25, 0.3) is 0 Å². The number of alkyl halides is 3. The van der Waals surface area contributed by atoms with Gasteiger partial charge in [-0.1, -0.05) is 18.2 Å². The van der Waals surface area contributed by atoms with E-state index in [0.29, 0.717) is 6.54 Å². The molecule has 0 saturated carbocycles. The largest absolute Gasteiger partial charge is 0.416 e. The Balaban J connectivity index is 2.22. The van der Waals surface area contributed by atoms with E-state index < -0.39 is 11.7 Å². The molecule has 2 N–H and O–H groups in total. The van der Waals surface area contributed by atoms with Crippen LogP contribution in [0.2, 0.25) is 0 Å². The number of hydrogen-bond acceptors (Lipinski definition) is 2. The zero-order valence-corrected chi connectivity index (χ0v) is 9.57. The molecule has 18 heavy (non-hydrogen) atoms. The molecule has 6 heteroatoms. The van der Waals surface area contributed by atoms with E-state index in [1.54, 1.807) is 0 Å². The van der Waals surface area contributed by atoms with Crippen molar-refractivity contribution < 1.29 is 18.0 Å². The Hall–Kier alpha value is -1.56. The highest BCUT2D eigenvalue weighted by molar-refractivity contribution is 5.79. The molecule has 98 valence electrons. The van der Waals surface area contributed by atoms with Crippen LogP contribution >= 0.6 is 0 Å². The molecule has 0 spiro atoms. The minimum Gasteiger partial charge on any atom is -0.337 e. The van der Waals surface area contributed by atoms with Gasteiger partial charge in [0.05, 0.1) is 5.56 Å². The van der Waals surface area contributed by atoms with Crippen LogP contribution in [0.15, 0.2) is 24.3 Å². The van der Waals surface area contributed by atoms with Crippen molar-refractivity contribution in [3.05, 3.63) is 35.4 Å². The Bertz CT molecular complexity index is 459. The van der Waals surface area contributed by atoms with Gasteiger partial charge in [0, 0.05) is 25.6 Å². The number of likely N-dealkylation sites (tertiary alicyclic amines) is 1. The van der Waals surface area contributed by atoms with E-state index >= 15 is 0 Å². The molecule has 1 saturated heterocycles. The maximum absolute atomic E-state index is 12.8. The lowest BCUT2D eigenvalue weighted by Crippen LogP contribution is -2.28. The number of benzene rings is 1. The Kier molecular flexibility index (Phi) is 3.30. The third-order valence-electron chi connectivity index (χ3n) is 2.93. The molecule has 3 nitrogen and oxygen atoms in total. The van der Waals surface area contributed by atoms with Gasteiger partial charge in [0.1, 0.15) is 0 Å². The predicted octanol–water partition coefficient (Wildman–Crippen LogP) is 1.76. The summed E-state index contributed by atoms with van der Waals surface area (Å²) in [6.45, 7) is 0.271. The van der Waals surface area contributed by atoms with Gasteiger partial charge >= 0.3 is 6.18 Å². The van der Waals surface area contributed by atoms with E-state index in [2.05, 4.69) is 0 Å². The number of rotatable bonds is 2. The van der Waals surface area contributed by atoms with E-state index in [4.69, 9.17) is 5.73 Å². The molecule has 0 bridgehead atoms. The molecule has 1 aliphatic heterocycles. The van der Waals surface area contributed by atoms with Gasteiger partial charge in [-0.05, 0) is 11.6 Å². The average molecular weight is 258 g/mol. The number of nitrogens with zero attached hydrogens (tertiary/aromatic N) is 1. The SMILES string of the molecule is N[C@H]1CC(=O)N(Cc2ccccc2C(F)(F)F)C1. The second-order valence-corrected chi connectivity index (χ2v) is 4.39. The summed E-state index contributed by atoms with van der Waals surface area (Å²) in [5.41, 5.74) is 5.02. The summed E-state index contributed by atoms with van der Waals surface area (Å²) in [4.78, 5) is 12.9. The van der Waals surface area contributed by atoms with Crippen LogP contribution in [0, 0.1) is 0 Å². The van der Waals surface area contributed by atoms with Gasteiger partial charge in [-0.2, -0.15) is 13.2 Å². The summed E-state index contributed by atoms with van der Waals surface area (Å²) in [7, 11) is 0. The summed E-state index contributed by atoms with van der Waals surface area (Å²) in [5, 5.41) is 0. The van der Waals surface area contributed by atoms with Crippen LogP contribution in [0.4, 0.5) is 13.2 Å².